The van der Waals surface area contributed by atoms with Crippen LogP contribution in [0.3, 0.4) is 0 Å². The molecule has 0 radical (unpaired) electrons. The van der Waals surface area contributed by atoms with Crippen molar-refractivity contribution in [3.8, 4) is 5.75 Å². The Hall–Kier alpha value is -2.16. The molecule has 0 atom stereocenters. The van der Waals surface area contributed by atoms with Gasteiger partial charge in [0.25, 0.3) is 0 Å². The maximum atomic E-state index is 6.05. The van der Waals surface area contributed by atoms with Crippen molar-refractivity contribution in [2.75, 3.05) is 24.8 Å². The molecule has 2 N–H and O–H groups in total. The second-order valence-electron chi connectivity index (χ2n) is 4.71. The Balaban J connectivity index is 2.19. The topological polar surface area (TPSA) is 38.5 Å². The van der Waals surface area contributed by atoms with Gasteiger partial charge in [0.05, 0.1) is 7.11 Å². The van der Waals surface area contributed by atoms with Crippen LogP contribution in [-0.2, 0) is 6.54 Å². The maximum Gasteiger partial charge on any atom is 0.120 e. The number of para-hydroxylation sites is 1. The first-order valence-corrected chi connectivity index (χ1v) is 6.31. The van der Waals surface area contributed by atoms with Crippen molar-refractivity contribution in [1.82, 2.24) is 0 Å². The van der Waals surface area contributed by atoms with E-state index in [0.29, 0.717) is 0 Å². The molecule has 0 saturated carbocycles. The summed E-state index contributed by atoms with van der Waals surface area (Å²) in [7, 11) is 3.72. The van der Waals surface area contributed by atoms with Gasteiger partial charge in [0.2, 0.25) is 0 Å². The zero-order valence-electron chi connectivity index (χ0n) is 11.7. The predicted molar refractivity (Wildman–Crippen MR) is 80.7 cm³/mol. The summed E-state index contributed by atoms with van der Waals surface area (Å²) in [5.74, 6) is 0.791. The Morgan fingerprint density at radius 3 is 2.53 bits per heavy atom. The van der Waals surface area contributed by atoms with Crippen molar-refractivity contribution in [2.45, 2.75) is 13.5 Å². The second-order valence-corrected chi connectivity index (χ2v) is 4.71. The summed E-state index contributed by atoms with van der Waals surface area (Å²) in [5, 5.41) is 0. The van der Waals surface area contributed by atoms with Gasteiger partial charge in [0.15, 0.2) is 0 Å². The minimum atomic E-state index is 0.764. The van der Waals surface area contributed by atoms with Gasteiger partial charge in [-0.15, -0.1) is 0 Å². The number of rotatable bonds is 4. The Bertz CT molecular complexity index is 566. The van der Waals surface area contributed by atoms with Crippen molar-refractivity contribution in [3.05, 3.63) is 53.6 Å². The van der Waals surface area contributed by atoms with Crippen LogP contribution in [0.15, 0.2) is 42.5 Å². The third kappa shape index (κ3) is 2.99. The highest BCUT2D eigenvalue weighted by Crippen LogP contribution is 2.24. The fraction of sp³-hybridized carbons (Fsp3) is 0.250. The molecule has 0 spiro atoms. The highest BCUT2D eigenvalue weighted by molar-refractivity contribution is 5.56. The minimum absolute atomic E-state index is 0.764. The molecule has 2 rings (SSSR count). The number of aryl methyl sites for hydroxylation is 1. The Morgan fingerprint density at radius 2 is 1.89 bits per heavy atom. The predicted octanol–water partition coefficient (Wildman–Crippen LogP) is 3.22. The van der Waals surface area contributed by atoms with Crippen molar-refractivity contribution < 1.29 is 4.74 Å². The third-order valence-electron chi connectivity index (χ3n) is 3.29. The maximum absolute atomic E-state index is 6.05. The van der Waals surface area contributed by atoms with E-state index in [1.807, 2.05) is 18.2 Å². The molecule has 19 heavy (non-hydrogen) atoms. The molecule has 3 heteroatoms. The van der Waals surface area contributed by atoms with Crippen LogP contribution in [0, 0.1) is 6.92 Å². The van der Waals surface area contributed by atoms with Crippen LogP contribution in [-0.4, -0.2) is 14.2 Å². The fourth-order valence-electron chi connectivity index (χ4n) is 2.18. The molecule has 2 aromatic carbocycles. The molecule has 0 amide bonds. The molecular weight excluding hydrogens is 236 g/mol. The molecule has 0 aliphatic carbocycles. The van der Waals surface area contributed by atoms with Crippen LogP contribution in [0.2, 0.25) is 0 Å². The zero-order chi connectivity index (χ0) is 13.8. The van der Waals surface area contributed by atoms with Gasteiger partial charge in [0, 0.05) is 31.0 Å². The highest BCUT2D eigenvalue weighted by Gasteiger charge is 2.07. The molecule has 0 aliphatic rings. The molecule has 2 aromatic rings. The highest BCUT2D eigenvalue weighted by atomic mass is 16.5. The quantitative estimate of drug-likeness (QED) is 0.854. The van der Waals surface area contributed by atoms with E-state index in [1.54, 1.807) is 7.11 Å². The average Bonchev–Trinajstić information content (AvgIpc) is 2.41. The molecule has 100 valence electrons. The largest absolute Gasteiger partial charge is 0.497 e. The monoisotopic (exact) mass is 256 g/mol. The number of nitrogens with zero attached hydrogens (tertiary/aromatic N) is 1. The summed E-state index contributed by atoms with van der Waals surface area (Å²) in [4.78, 5) is 2.20. The average molecular weight is 256 g/mol. The number of benzene rings is 2. The minimum Gasteiger partial charge on any atom is -0.497 e. The first-order chi connectivity index (χ1) is 9.11. The van der Waals surface area contributed by atoms with Crippen LogP contribution in [0.5, 0.6) is 5.75 Å². The van der Waals surface area contributed by atoms with E-state index in [-0.39, 0.29) is 0 Å². The summed E-state index contributed by atoms with van der Waals surface area (Å²) in [6.07, 6.45) is 0. The molecule has 0 unspecified atom stereocenters. The smallest absolute Gasteiger partial charge is 0.120 e. The molecular formula is C16H20N2O. The zero-order valence-corrected chi connectivity index (χ0v) is 11.7. The standard InChI is InChI=1S/C16H20N2O/c1-12-6-4-5-7-16(12)18(2)11-13-8-9-14(19-3)10-15(13)17/h4-10H,11,17H2,1-3H3. The van der Waals surface area contributed by atoms with E-state index < -0.39 is 0 Å². The number of nitrogens with two attached hydrogens (primary N) is 1. The van der Waals surface area contributed by atoms with E-state index in [0.717, 1.165) is 23.5 Å². The van der Waals surface area contributed by atoms with E-state index >= 15 is 0 Å². The molecule has 0 bridgehead atoms. The van der Waals surface area contributed by atoms with Gasteiger partial charge >= 0.3 is 0 Å². The Kier molecular flexibility index (Phi) is 3.95. The van der Waals surface area contributed by atoms with E-state index in [9.17, 15) is 0 Å². The van der Waals surface area contributed by atoms with Gasteiger partial charge in [-0.05, 0) is 30.2 Å². The molecule has 3 nitrogen and oxygen atoms in total. The number of nitrogen functional groups attached to an aromatic ring is 1. The molecule has 0 aromatic heterocycles. The Morgan fingerprint density at radius 1 is 1.16 bits per heavy atom. The SMILES string of the molecule is COc1ccc(CN(C)c2ccccc2C)c(N)c1. The summed E-state index contributed by atoms with van der Waals surface area (Å²) in [6, 6.07) is 14.2. The van der Waals surface area contributed by atoms with E-state index in [2.05, 4.69) is 43.1 Å². The second kappa shape index (κ2) is 5.65. The van der Waals surface area contributed by atoms with Crippen molar-refractivity contribution in [1.29, 1.82) is 0 Å². The van der Waals surface area contributed by atoms with E-state index in [4.69, 9.17) is 10.5 Å². The Labute approximate surface area is 114 Å². The van der Waals surface area contributed by atoms with Crippen molar-refractivity contribution in [3.63, 3.8) is 0 Å². The van der Waals surface area contributed by atoms with Crippen molar-refractivity contribution >= 4 is 11.4 Å². The lowest BCUT2D eigenvalue weighted by molar-refractivity contribution is 0.415. The van der Waals surface area contributed by atoms with E-state index in [1.165, 1.54) is 11.3 Å². The third-order valence-corrected chi connectivity index (χ3v) is 3.29. The van der Waals surface area contributed by atoms with Crippen LogP contribution in [0.4, 0.5) is 11.4 Å². The van der Waals surface area contributed by atoms with Crippen LogP contribution in [0.1, 0.15) is 11.1 Å². The van der Waals surface area contributed by atoms with Crippen molar-refractivity contribution in [2.24, 2.45) is 0 Å². The molecule has 0 aliphatic heterocycles. The van der Waals surface area contributed by atoms with Gasteiger partial charge in [-0.3, -0.25) is 0 Å². The summed E-state index contributed by atoms with van der Waals surface area (Å²) in [5.41, 5.74) is 10.4. The number of hydrogen-bond acceptors (Lipinski definition) is 3. The molecule has 0 heterocycles. The van der Waals surface area contributed by atoms with Crippen LogP contribution >= 0.6 is 0 Å². The number of methoxy groups -OCH3 is 1. The summed E-state index contributed by atoms with van der Waals surface area (Å²) < 4.78 is 5.17. The first kappa shape index (κ1) is 13.3. The summed E-state index contributed by atoms with van der Waals surface area (Å²) in [6.45, 7) is 2.89. The molecule has 0 saturated heterocycles. The van der Waals surface area contributed by atoms with Gasteiger partial charge in [-0.2, -0.15) is 0 Å². The summed E-state index contributed by atoms with van der Waals surface area (Å²) >= 11 is 0. The van der Waals surface area contributed by atoms with Gasteiger partial charge in [-0.1, -0.05) is 24.3 Å². The van der Waals surface area contributed by atoms with Crippen LogP contribution in [0.25, 0.3) is 0 Å². The molecule has 0 fully saturated rings. The lowest BCUT2D eigenvalue weighted by Gasteiger charge is -2.22. The van der Waals surface area contributed by atoms with Gasteiger partial charge in [-0.25, -0.2) is 0 Å². The normalized spacial score (nSPS) is 10.3. The fourth-order valence-corrected chi connectivity index (χ4v) is 2.18. The van der Waals surface area contributed by atoms with Gasteiger partial charge in [0.1, 0.15) is 5.75 Å². The lowest BCUT2D eigenvalue weighted by atomic mass is 10.1. The number of ether oxygens (including phenoxy) is 1. The number of anilines is 2. The first-order valence-electron chi connectivity index (χ1n) is 6.31. The lowest BCUT2D eigenvalue weighted by Crippen LogP contribution is -2.18. The van der Waals surface area contributed by atoms with Gasteiger partial charge < -0.3 is 15.4 Å². The van der Waals surface area contributed by atoms with Crippen LogP contribution < -0.4 is 15.4 Å². The number of hydrogen-bond donors (Lipinski definition) is 1.